The molecule has 0 aromatic heterocycles. The van der Waals surface area contributed by atoms with Crippen LogP contribution in [0.5, 0.6) is 0 Å². The van der Waals surface area contributed by atoms with Gasteiger partial charge in [-0.25, -0.2) is 0 Å². The lowest BCUT2D eigenvalue weighted by atomic mass is 10.2. The molecular weight excluding hydrogens is 264 g/mol. The first-order valence-corrected chi connectivity index (χ1v) is 7.22. The Bertz CT molecular complexity index is 443. The molecule has 1 aromatic rings. The van der Waals surface area contributed by atoms with Crippen molar-refractivity contribution in [2.45, 2.75) is 19.4 Å². The number of hydrogen-bond donors (Lipinski definition) is 0. The first-order chi connectivity index (χ1) is 9.99. The van der Waals surface area contributed by atoms with Crippen LogP contribution < -0.4 is 0 Å². The first kappa shape index (κ1) is 17.2. The molecule has 1 aromatic carbocycles. The molecule has 0 N–H and O–H groups in total. The van der Waals surface area contributed by atoms with E-state index in [-0.39, 0.29) is 5.91 Å². The second-order valence-corrected chi connectivity index (χ2v) is 5.43. The van der Waals surface area contributed by atoms with Gasteiger partial charge in [0.25, 0.3) is 0 Å². The summed E-state index contributed by atoms with van der Waals surface area (Å²) in [6.07, 6.45) is 1.01. The van der Waals surface area contributed by atoms with E-state index >= 15 is 0 Å². The summed E-state index contributed by atoms with van der Waals surface area (Å²) in [7, 11) is 5.83. The number of ether oxygens (including phenoxy) is 1. The lowest BCUT2D eigenvalue weighted by Gasteiger charge is -2.20. The van der Waals surface area contributed by atoms with E-state index in [9.17, 15) is 4.79 Å². The number of nitrogens with zero attached hydrogens (tertiary/aromatic N) is 2. The van der Waals surface area contributed by atoms with Crippen LogP contribution in [-0.4, -0.2) is 49.9 Å². The van der Waals surface area contributed by atoms with Crippen LogP contribution in [0.4, 0.5) is 0 Å². The second kappa shape index (κ2) is 9.19. The average molecular weight is 290 g/mol. The van der Waals surface area contributed by atoms with Crippen molar-refractivity contribution in [3.05, 3.63) is 48.2 Å². The molecule has 0 fully saturated rings. The van der Waals surface area contributed by atoms with Crippen LogP contribution in [0.25, 0.3) is 0 Å². The van der Waals surface area contributed by atoms with Crippen LogP contribution in [0, 0.1) is 0 Å². The van der Waals surface area contributed by atoms with E-state index in [1.165, 1.54) is 0 Å². The molecule has 116 valence electrons. The lowest BCUT2D eigenvalue weighted by Crippen LogP contribution is -2.33. The molecular formula is C17H26N2O2. The highest BCUT2D eigenvalue weighted by molar-refractivity contribution is 5.76. The third-order valence-electron chi connectivity index (χ3n) is 3.21. The van der Waals surface area contributed by atoms with Crippen molar-refractivity contribution in [3.8, 4) is 0 Å². The highest BCUT2D eigenvalue weighted by Gasteiger charge is 2.09. The molecule has 0 atom stereocenters. The van der Waals surface area contributed by atoms with Gasteiger partial charge in [-0.2, -0.15) is 0 Å². The molecule has 0 saturated heterocycles. The van der Waals surface area contributed by atoms with Crippen LogP contribution in [0.2, 0.25) is 0 Å². The van der Waals surface area contributed by atoms with Crippen LogP contribution in [0.1, 0.15) is 18.4 Å². The molecule has 0 saturated carbocycles. The molecule has 0 aliphatic heterocycles. The quantitative estimate of drug-likeness (QED) is 0.655. The highest BCUT2D eigenvalue weighted by Crippen LogP contribution is 2.10. The standard InChI is InChI=1S/C17H26N2O2/c1-15(21-14-16-8-6-5-7-9-16)10-11-17(20)19(4)13-12-18(2)3/h5-9H,1,10-14H2,2-4H3. The maximum Gasteiger partial charge on any atom is 0.222 e. The van der Waals surface area contributed by atoms with Gasteiger partial charge in [-0.05, 0) is 19.7 Å². The monoisotopic (exact) mass is 290 g/mol. The molecule has 21 heavy (non-hydrogen) atoms. The zero-order chi connectivity index (χ0) is 15.7. The number of hydrogen-bond acceptors (Lipinski definition) is 3. The van der Waals surface area contributed by atoms with Crippen molar-refractivity contribution >= 4 is 5.91 Å². The zero-order valence-corrected chi connectivity index (χ0v) is 13.3. The van der Waals surface area contributed by atoms with E-state index in [0.29, 0.717) is 25.2 Å². The summed E-state index contributed by atoms with van der Waals surface area (Å²) in [6, 6.07) is 9.94. The molecule has 0 aliphatic carbocycles. The van der Waals surface area contributed by atoms with Gasteiger partial charge in [0.1, 0.15) is 6.61 Å². The van der Waals surface area contributed by atoms with E-state index in [1.807, 2.05) is 51.5 Å². The Labute approximate surface area is 128 Å². The third kappa shape index (κ3) is 7.51. The number of carbonyl (C=O) groups excluding carboxylic acids is 1. The van der Waals surface area contributed by atoms with Gasteiger partial charge in [0.05, 0.1) is 5.76 Å². The van der Waals surface area contributed by atoms with Gasteiger partial charge in [0.2, 0.25) is 5.91 Å². The second-order valence-electron chi connectivity index (χ2n) is 5.43. The highest BCUT2D eigenvalue weighted by atomic mass is 16.5. The third-order valence-corrected chi connectivity index (χ3v) is 3.21. The molecule has 0 bridgehead atoms. The SMILES string of the molecule is C=C(CCC(=O)N(C)CCN(C)C)OCc1ccccc1. The molecule has 0 spiro atoms. The molecule has 1 rings (SSSR count). The molecule has 0 aliphatic rings. The normalized spacial score (nSPS) is 10.5. The van der Waals surface area contributed by atoms with Gasteiger partial charge < -0.3 is 14.5 Å². The minimum absolute atomic E-state index is 0.126. The van der Waals surface area contributed by atoms with Crippen molar-refractivity contribution in [2.24, 2.45) is 0 Å². The van der Waals surface area contributed by atoms with E-state index in [1.54, 1.807) is 4.90 Å². The predicted octanol–water partition coefficient (Wildman–Crippen LogP) is 2.52. The van der Waals surface area contributed by atoms with Crippen molar-refractivity contribution < 1.29 is 9.53 Å². The summed E-state index contributed by atoms with van der Waals surface area (Å²) in [5.74, 6) is 0.787. The summed E-state index contributed by atoms with van der Waals surface area (Å²) in [4.78, 5) is 15.8. The molecule has 0 heterocycles. The Balaban J connectivity index is 2.21. The Morgan fingerprint density at radius 2 is 1.76 bits per heavy atom. The Kier molecular flexibility index (Phi) is 7.54. The molecule has 0 radical (unpaired) electrons. The Morgan fingerprint density at radius 3 is 2.38 bits per heavy atom. The average Bonchev–Trinajstić information content (AvgIpc) is 2.49. The van der Waals surface area contributed by atoms with Crippen LogP contribution in [0.15, 0.2) is 42.7 Å². The van der Waals surface area contributed by atoms with E-state index in [0.717, 1.165) is 18.7 Å². The lowest BCUT2D eigenvalue weighted by molar-refractivity contribution is -0.130. The number of benzene rings is 1. The number of carbonyl (C=O) groups is 1. The van der Waals surface area contributed by atoms with Gasteiger partial charge in [0, 0.05) is 33.0 Å². The topological polar surface area (TPSA) is 32.8 Å². The maximum absolute atomic E-state index is 11.9. The summed E-state index contributed by atoms with van der Waals surface area (Å²) >= 11 is 0. The zero-order valence-electron chi connectivity index (χ0n) is 13.3. The van der Waals surface area contributed by atoms with Crippen molar-refractivity contribution in [1.29, 1.82) is 0 Å². The minimum Gasteiger partial charge on any atom is -0.494 e. The van der Waals surface area contributed by atoms with Gasteiger partial charge in [0.15, 0.2) is 0 Å². The van der Waals surface area contributed by atoms with Gasteiger partial charge in [-0.1, -0.05) is 36.9 Å². The van der Waals surface area contributed by atoms with Crippen molar-refractivity contribution in [1.82, 2.24) is 9.80 Å². The van der Waals surface area contributed by atoms with Gasteiger partial charge >= 0.3 is 0 Å². The van der Waals surface area contributed by atoms with Gasteiger partial charge in [-0.3, -0.25) is 4.79 Å². The van der Waals surface area contributed by atoms with Crippen molar-refractivity contribution in [3.63, 3.8) is 0 Å². The van der Waals surface area contributed by atoms with E-state index in [2.05, 4.69) is 11.5 Å². The molecule has 4 nitrogen and oxygen atoms in total. The number of amides is 1. The largest absolute Gasteiger partial charge is 0.494 e. The van der Waals surface area contributed by atoms with Crippen LogP contribution >= 0.6 is 0 Å². The molecule has 1 amide bonds. The summed E-state index contributed by atoms with van der Waals surface area (Å²) in [5, 5.41) is 0. The number of rotatable bonds is 9. The fourth-order valence-electron chi connectivity index (χ4n) is 1.74. The number of allylic oxidation sites excluding steroid dienone is 1. The Hall–Kier alpha value is -1.81. The predicted molar refractivity (Wildman–Crippen MR) is 85.8 cm³/mol. The summed E-state index contributed by atoms with van der Waals surface area (Å²) in [5.41, 5.74) is 1.10. The van der Waals surface area contributed by atoms with Crippen LogP contribution in [-0.2, 0) is 16.1 Å². The van der Waals surface area contributed by atoms with Crippen molar-refractivity contribution in [2.75, 3.05) is 34.2 Å². The Morgan fingerprint density at radius 1 is 1.10 bits per heavy atom. The fourth-order valence-corrected chi connectivity index (χ4v) is 1.74. The number of likely N-dealkylation sites (N-methyl/N-ethyl adjacent to an activating group) is 2. The molecule has 4 heteroatoms. The van der Waals surface area contributed by atoms with Gasteiger partial charge in [-0.15, -0.1) is 0 Å². The van der Waals surface area contributed by atoms with E-state index < -0.39 is 0 Å². The smallest absolute Gasteiger partial charge is 0.222 e. The fraction of sp³-hybridized carbons (Fsp3) is 0.471. The first-order valence-electron chi connectivity index (χ1n) is 7.22. The summed E-state index contributed by atoms with van der Waals surface area (Å²) < 4.78 is 5.58. The minimum atomic E-state index is 0.126. The van der Waals surface area contributed by atoms with Crippen LogP contribution in [0.3, 0.4) is 0 Å². The maximum atomic E-state index is 11.9. The summed E-state index contributed by atoms with van der Waals surface area (Å²) in [6.45, 7) is 5.99. The van der Waals surface area contributed by atoms with E-state index in [4.69, 9.17) is 4.74 Å². The molecule has 0 unspecified atom stereocenters.